The second kappa shape index (κ2) is 11.2. The average molecular weight is 429 g/mol. The maximum atomic E-state index is 12.2. The van der Waals surface area contributed by atoms with Crippen LogP contribution in [0.15, 0.2) is 42.8 Å². The summed E-state index contributed by atoms with van der Waals surface area (Å²) in [5.74, 6) is 0.536. The van der Waals surface area contributed by atoms with Crippen LogP contribution in [0, 0.1) is 0 Å². The van der Waals surface area contributed by atoms with Gasteiger partial charge in [-0.25, -0.2) is 4.79 Å². The Labute approximate surface area is 178 Å². The van der Waals surface area contributed by atoms with E-state index in [-0.39, 0.29) is 12.1 Å². The van der Waals surface area contributed by atoms with Gasteiger partial charge in [-0.05, 0) is 58.4 Å². The standard InChI is InChI=1S/C21H30Cl2N2O3/c1-7-9-19(24-15(3)17-11-10-16(22)14-18(17)23)27-13-12-25(8-2)20(26)28-21(4,5)6/h7,9-11,14-15,24H,1,8,12-13H2,2-6H3/b19-9+. The van der Waals surface area contributed by atoms with Gasteiger partial charge in [-0.1, -0.05) is 41.9 Å². The normalized spacial score (nSPS) is 12.9. The lowest BCUT2D eigenvalue weighted by Crippen LogP contribution is -2.38. The molecule has 0 spiro atoms. The summed E-state index contributed by atoms with van der Waals surface area (Å²) in [5.41, 5.74) is 0.363. The minimum atomic E-state index is -0.534. The summed E-state index contributed by atoms with van der Waals surface area (Å²) in [6.07, 6.45) is 3.00. The highest BCUT2D eigenvalue weighted by Crippen LogP contribution is 2.26. The first-order chi connectivity index (χ1) is 13.1. The van der Waals surface area contributed by atoms with Crippen molar-refractivity contribution in [2.45, 2.75) is 46.3 Å². The van der Waals surface area contributed by atoms with Crippen LogP contribution in [0.3, 0.4) is 0 Å². The molecule has 0 saturated carbocycles. The maximum Gasteiger partial charge on any atom is 0.410 e. The molecule has 0 bridgehead atoms. The molecule has 1 N–H and O–H groups in total. The Kier molecular flexibility index (Phi) is 9.70. The minimum absolute atomic E-state index is 0.107. The Bertz CT molecular complexity index is 699. The van der Waals surface area contributed by atoms with Crippen molar-refractivity contribution in [1.29, 1.82) is 0 Å². The molecule has 1 aromatic rings. The van der Waals surface area contributed by atoms with Gasteiger partial charge in [-0.3, -0.25) is 0 Å². The second-order valence-electron chi connectivity index (χ2n) is 7.21. The molecule has 5 nitrogen and oxygen atoms in total. The van der Waals surface area contributed by atoms with Gasteiger partial charge in [0, 0.05) is 16.6 Å². The molecular weight excluding hydrogens is 399 g/mol. The SMILES string of the molecule is C=C/C=C(\NC(C)c1ccc(Cl)cc1Cl)OCCN(CC)C(=O)OC(C)(C)C. The Balaban J connectivity index is 2.66. The van der Waals surface area contributed by atoms with Crippen LogP contribution in [0.1, 0.15) is 46.2 Å². The number of likely N-dealkylation sites (N-methyl/N-ethyl adjacent to an activating group) is 1. The van der Waals surface area contributed by atoms with Gasteiger partial charge in [0.05, 0.1) is 12.6 Å². The first-order valence-corrected chi connectivity index (χ1v) is 9.98. The molecule has 0 saturated heterocycles. The number of nitrogens with one attached hydrogen (secondary N) is 1. The smallest absolute Gasteiger partial charge is 0.410 e. The Morgan fingerprint density at radius 2 is 2.04 bits per heavy atom. The monoisotopic (exact) mass is 428 g/mol. The molecule has 28 heavy (non-hydrogen) atoms. The van der Waals surface area contributed by atoms with Gasteiger partial charge in [-0.2, -0.15) is 0 Å². The van der Waals surface area contributed by atoms with Crippen molar-refractivity contribution in [3.63, 3.8) is 0 Å². The quantitative estimate of drug-likeness (QED) is 0.390. The van der Waals surface area contributed by atoms with E-state index in [9.17, 15) is 4.79 Å². The zero-order valence-corrected chi connectivity index (χ0v) is 18.7. The number of hydrogen-bond acceptors (Lipinski definition) is 4. The number of ether oxygens (including phenoxy) is 2. The number of allylic oxidation sites excluding steroid dienone is 2. The highest BCUT2D eigenvalue weighted by molar-refractivity contribution is 6.35. The molecule has 156 valence electrons. The Morgan fingerprint density at radius 3 is 2.57 bits per heavy atom. The van der Waals surface area contributed by atoms with Crippen molar-refractivity contribution < 1.29 is 14.3 Å². The van der Waals surface area contributed by atoms with E-state index in [2.05, 4.69) is 11.9 Å². The molecule has 0 fully saturated rings. The van der Waals surface area contributed by atoms with Crippen LogP contribution in [0.25, 0.3) is 0 Å². The molecule has 0 aliphatic carbocycles. The molecule has 1 rings (SSSR count). The van der Waals surface area contributed by atoms with E-state index < -0.39 is 5.60 Å². The van der Waals surface area contributed by atoms with Crippen LogP contribution in [-0.4, -0.2) is 36.3 Å². The van der Waals surface area contributed by atoms with Crippen molar-refractivity contribution >= 4 is 29.3 Å². The topological polar surface area (TPSA) is 50.8 Å². The fourth-order valence-corrected chi connectivity index (χ4v) is 2.93. The molecule has 0 radical (unpaired) electrons. The lowest BCUT2D eigenvalue weighted by atomic mass is 10.1. The number of carbonyl (C=O) groups is 1. The lowest BCUT2D eigenvalue weighted by molar-refractivity contribution is 0.0212. The average Bonchev–Trinajstić information content (AvgIpc) is 2.56. The van der Waals surface area contributed by atoms with Gasteiger partial charge in [0.1, 0.15) is 12.2 Å². The van der Waals surface area contributed by atoms with Crippen molar-refractivity contribution in [3.8, 4) is 0 Å². The van der Waals surface area contributed by atoms with Crippen molar-refractivity contribution in [3.05, 3.63) is 58.4 Å². The first-order valence-electron chi connectivity index (χ1n) is 9.22. The van der Waals surface area contributed by atoms with Gasteiger partial charge >= 0.3 is 6.09 Å². The summed E-state index contributed by atoms with van der Waals surface area (Å²) >= 11 is 12.2. The predicted octanol–water partition coefficient (Wildman–Crippen LogP) is 5.95. The van der Waals surface area contributed by atoms with Gasteiger partial charge in [0.15, 0.2) is 5.88 Å². The van der Waals surface area contributed by atoms with E-state index in [0.29, 0.717) is 35.6 Å². The van der Waals surface area contributed by atoms with Crippen LogP contribution in [0.2, 0.25) is 10.0 Å². The van der Waals surface area contributed by atoms with Gasteiger partial charge in [0.25, 0.3) is 0 Å². The fraction of sp³-hybridized carbons (Fsp3) is 0.476. The van der Waals surface area contributed by atoms with Gasteiger partial charge in [-0.15, -0.1) is 0 Å². The Morgan fingerprint density at radius 1 is 1.36 bits per heavy atom. The number of amides is 1. The molecule has 1 unspecified atom stereocenters. The summed E-state index contributed by atoms with van der Waals surface area (Å²) in [6, 6.07) is 5.26. The molecule has 0 aromatic heterocycles. The number of halogens is 2. The number of rotatable bonds is 9. The van der Waals surface area contributed by atoms with Crippen LogP contribution >= 0.6 is 23.2 Å². The predicted molar refractivity (Wildman–Crippen MR) is 116 cm³/mol. The highest BCUT2D eigenvalue weighted by atomic mass is 35.5. The second-order valence-corrected chi connectivity index (χ2v) is 8.05. The van der Waals surface area contributed by atoms with Crippen molar-refractivity contribution in [1.82, 2.24) is 10.2 Å². The molecule has 1 aromatic carbocycles. The summed E-state index contributed by atoms with van der Waals surface area (Å²) in [6.45, 7) is 14.3. The summed E-state index contributed by atoms with van der Waals surface area (Å²) in [4.78, 5) is 13.8. The summed E-state index contributed by atoms with van der Waals surface area (Å²) in [7, 11) is 0. The van der Waals surface area contributed by atoms with E-state index >= 15 is 0 Å². The van der Waals surface area contributed by atoms with E-state index in [0.717, 1.165) is 5.56 Å². The van der Waals surface area contributed by atoms with Crippen LogP contribution in [0.5, 0.6) is 0 Å². The minimum Gasteiger partial charge on any atom is -0.477 e. The van der Waals surface area contributed by atoms with Crippen LogP contribution in [-0.2, 0) is 9.47 Å². The van der Waals surface area contributed by atoms with E-state index in [1.54, 1.807) is 29.2 Å². The van der Waals surface area contributed by atoms with Crippen LogP contribution in [0.4, 0.5) is 4.79 Å². The van der Waals surface area contributed by atoms with Crippen LogP contribution < -0.4 is 5.32 Å². The molecule has 7 heteroatoms. The number of nitrogens with zero attached hydrogens (tertiary/aromatic N) is 1. The highest BCUT2D eigenvalue weighted by Gasteiger charge is 2.21. The van der Waals surface area contributed by atoms with E-state index in [1.807, 2.05) is 40.7 Å². The zero-order valence-electron chi connectivity index (χ0n) is 17.2. The molecule has 1 atom stereocenters. The maximum absolute atomic E-state index is 12.2. The molecule has 1 amide bonds. The third-order valence-electron chi connectivity index (χ3n) is 3.71. The van der Waals surface area contributed by atoms with Crippen molar-refractivity contribution in [2.75, 3.05) is 19.7 Å². The zero-order chi connectivity index (χ0) is 21.3. The third kappa shape index (κ3) is 8.44. The summed E-state index contributed by atoms with van der Waals surface area (Å²) in [5, 5.41) is 4.42. The number of carbonyl (C=O) groups excluding carboxylic acids is 1. The number of benzene rings is 1. The largest absolute Gasteiger partial charge is 0.477 e. The lowest BCUT2D eigenvalue weighted by Gasteiger charge is -2.27. The fourth-order valence-electron chi connectivity index (χ4n) is 2.36. The molecule has 0 aliphatic rings. The summed E-state index contributed by atoms with van der Waals surface area (Å²) < 4.78 is 11.2. The molecule has 0 aliphatic heterocycles. The van der Waals surface area contributed by atoms with Crippen molar-refractivity contribution in [2.24, 2.45) is 0 Å². The Hall–Kier alpha value is -1.85. The van der Waals surface area contributed by atoms with E-state index in [4.69, 9.17) is 32.7 Å². The van der Waals surface area contributed by atoms with E-state index in [1.165, 1.54) is 0 Å². The third-order valence-corrected chi connectivity index (χ3v) is 4.27. The molecular formula is C21H30Cl2N2O3. The van der Waals surface area contributed by atoms with Gasteiger partial charge in [0.2, 0.25) is 0 Å². The first kappa shape index (κ1) is 24.2. The molecule has 0 heterocycles. The number of hydrogen-bond donors (Lipinski definition) is 1. The van der Waals surface area contributed by atoms with Gasteiger partial charge < -0.3 is 19.7 Å².